The van der Waals surface area contributed by atoms with Crippen molar-refractivity contribution in [3.8, 4) is 5.75 Å². The summed E-state index contributed by atoms with van der Waals surface area (Å²) in [6.45, 7) is 1.99. The molecule has 1 atom stereocenters. The maximum Gasteiger partial charge on any atom is 0.119 e. The molecule has 1 aromatic carbocycles. The van der Waals surface area contributed by atoms with Crippen LogP contribution in [0.25, 0.3) is 0 Å². The van der Waals surface area contributed by atoms with E-state index in [0.29, 0.717) is 6.04 Å². The maximum atomic E-state index is 6.42. The van der Waals surface area contributed by atoms with E-state index in [1.165, 1.54) is 24.8 Å². The second kappa shape index (κ2) is 7.37. The molecule has 1 aliphatic rings. The summed E-state index contributed by atoms with van der Waals surface area (Å²) >= 11 is 6.42. The minimum absolute atomic E-state index is 0.323. The van der Waals surface area contributed by atoms with Crippen molar-refractivity contribution in [2.75, 3.05) is 13.7 Å². The number of aryl methyl sites for hydroxylation is 1. The lowest BCUT2D eigenvalue weighted by Crippen LogP contribution is -2.29. The molecule has 4 nitrogen and oxygen atoms in total. The molecule has 0 N–H and O–H groups in total. The number of hydrogen-bond donors (Lipinski definition) is 0. The van der Waals surface area contributed by atoms with E-state index in [1.807, 2.05) is 17.8 Å². The third kappa shape index (κ3) is 3.70. The van der Waals surface area contributed by atoms with Crippen LogP contribution >= 0.6 is 11.6 Å². The summed E-state index contributed by atoms with van der Waals surface area (Å²) in [7, 11) is 3.69. The molecule has 0 radical (unpaired) electrons. The Hall–Kier alpha value is -1.52. The molecular formula is C18H24ClN3O. The van der Waals surface area contributed by atoms with Gasteiger partial charge < -0.3 is 4.74 Å². The summed E-state index contributed by atoms with van der Waals surface area (Å²) in [6, 6.07) is 8.64. The predicted molar refractivity (Wildman–Crippen MR) is 92.8 cm³/mol. The van der Waals surface area contributed by atoms with Crippen LogP contribution < -0.4 is 4.74 Å². The molecule has 0 amide bonds. The number of benzene rings is 1. The van der Waals surface area contributed by atoms with E-state index in [-0.39, 0.29) is 0 Å². The van der Waals surface area contributed by atoms with E-state index in [1.54, 1.807) is 13.3 Å². The molecule has 0 saturated carbocycles. The molecular weight excluding hydrogens is 310 g/mol. The van der Waals surface area contributed by atoms with E-state index < -0.39 is 0 Å². The number of rotatable bonds is 4. The van der Waals surface area contributed by atoms with E-state index in [4.69, 9.17) is 16.3 Å². The molecule has 5 heteroatoms. The van der Waals surface area contributed by atoms with E-state index in [2.05, 4.69) is 28.2 Å². The lowest BCUT2D eigenvalue weighted by molar-refractivity contribution is 0.184. The molecule has 124 valence electrons. The number of halogens is 1. The zero-order valence-corrected chi connectivity index (χ0v) is 14.6. The zero-order chi connectivity index (χ0) is 16.2. The normalized spacial score (nSPS) is 19.5. The van der Waals surface area contributed by atoms with Gasteiger partial charge in [0.25, 0.3) is 0 Å². The van der Waals surface area contributed by atoms with Gasteiger partial charge in [-0.2, -0.15) is 5.10 Å². The molecule has 1 saturated heterocycles. The predicted octanol–water partition coefficient (Wildman–Crippen LogP) is 4.20. The van der Waals surface area contributed by atoms with Gasteiger partial charge in [-0.25, -0.2) is 0 Å². The number of methoxy groups -OCH3 is 1. The first-order valence-electron chi connectivity index (χ1n) is 8.23. The molecule has 1 fully saturated rings. The van der Waals surface area contributed by atoms with Crippen molar-refractivity contribution in [2.45, 2.75) is 38.3 Å². The molecule has 2 aromatic rings. The van der Waals surface area contributed by atoms with Crippen LogP contribution in [0.2, 0.25) is 5.02 Å². The van der Waals surface area contributed by atoms with Crippen molar-refractivity contribution in [1.82, 2.24) is 14.7 Å². The molecule has 2 heterocycles. The second-order valence-electron chi connectivity index (χ2n) is 6.19. The summed E-state index contributed by atoms with van der Waals surface area (Å²) in [4.78, 5) is 2.53. The maximum absolute atomic E-state index is 6.42. The van der Waals surface area contributed by atoms with Gasteiger partial charge in [0.05, 0.1) is 30.1 Å². The average molecular weight is 334 g/mol. The van der Waals surface area contributed by atoms with Gasteiger partial charge in [0.15, 0.2) is 0 Å². The molecule has 3 rings (SSSR count). The van der Waals surface area contributed by atoms with Crippen LogP contribution in [0.4, 0.5) is 0 Å². The summed E-state index contributed by atoms with van der Waals surface area (Å²) in [5.74, 6) is 0.910. The highest BCUT2D eigenvalue weighted by Crippen LogP contribution is 2.35. The fourth-order valence-corrected chi connectivity index (χ4v) is 3.76. The summed E-state index contributed by atoms with van der Waals surface area (Å²) in [5, 5.41) is 5.10. The fraction of sp³-hybridized carbons (Fsp3) is 0.500. The van der Waals surface area contributed by atoms with Crippen molar-refractivity contribution in [1.29, 1.82) is 0 Å². The molecule has 1 aliphatic heterocycles. The summed E-state index contributed by atoms with van der Waals surface area (Å²) in [5.41, 5.74) is 2.41. The first kappa shape index (κ1) is 16.3. The Morgan fingerprint density at radius 3 is 2.91 bits per heavy atom. The Morgan fingerprint density at radius 1 is 1.30 bits per heavy atom. The van der Waals surface area contributed by atoms with E-state index in [9.17, 15) is 0 Å². The Balaban J connectivity index is 1.87. The minimum atomic E-state index is 0.323. The van der Waals surface area contributed by atoms with Gasteiger partial charge in [0, 0.05) is 13.6 Å². The van der Waals surface area contributed by atoms with Crippen LogP contribution in [0.3, 0.4) is 0 Å². The quantitative estimate of drug-likeness (QED) is 0.840. The van der Waals surface area contributed by atoms with Crippen LogP contribution in [-0.2, 0) is 13.6 Å². The highest BCUT2D eigenvalue weighted by atomic mass is 35.5. The average Bonchev–Trinajstić information content (AvgIpc) is 2.75. The van der Waals surface area contributed by atoms with Gasteiger partial charge in [-0.15, -0.1) is 0 Å². The van der Waals surface area contributed by atoms with Crippen LogP contribution in [0.5, 0.6) is 5.75 Å². The molecule has 1 aromatic heterocycles. The summed E-state index contributed by atoms with van der Waals surface area (Å²) < 4.78 is 7.28. The number of aromatic nitrogens is 2. The van der Waals surface area contributed by atoms with Gasteiger partial charge >= 0.3 is 0 Å². The van der Waals surface area contributed by atoms with Gasteiger partial charge in [0.1, 0.15) is 5.75 Å². The third-order valence-electron chi connectivity index (χ3n) is 4.64. The molecule has 0 aliphatic carbocycles. The summed E-state index contributed by atoms with van der Waals surface area (Å²) in [6.07, 6.45) is 6.63. The number of nitrogens with zero attached hydrogens (tertiary/aromatic N) is 3. The number of hydrogen-bond acceptors (Lipinski definition) is 3. The van der Waals surface area contributed by atoms with Crippen LogP contribution in [0.15, 0.2) is 30.5 Å². The first-order valence-corrected chi connectivity index (χ1v) is 8.61. The largest absolute Gasteiger partial charge is 0.497 e. The van der Waals surface area contributed by atoms with Gasteiger partial charge in [0.2, 0.25) is 0 Å². The highest BCUT2D eigenvalue weighted by molar-refractivity contribution is 6.31. The van der Waals surface area contributed by atoms with Crippen molar-refractivity contribution in [3.05, 3.63) is 46.7 Å². The van der Waals surface area contributed by atoms with Crippen molar-refractivity contribution in [3.63, 3.8) is 0 Å². The molecule has 0 unspecified atom stereocenters. The molecule has 0 spiro atoms. The Bertz CT molecular complexity index is 636. The zero-order valence-electron chi connectivity index (χ0n) is 13.8. The van der Waals surface area contributed by atoms with Gasteiger partial charge in [-0.05, 0) is 37.1 Å². The van der Waals surface area contributed by atoms with Crippen molar-refractivity contribution >= 4 is 11.6 Å². The monoisotopic (exact) mass is 333 g/mol. The number of ether oxygens (including phenoxy) is 1. The van der Waals surface area contributed by atoms with Crippen LogP contribution in [-0.4, -0.2) is 28.3 Å². The fourth-order valence-electron chi connectivity index (χ4n) is 3.47. The van der Waals surface area contributed by atoms with Crippen LogP contribution in [0, 0.1) is 0 Å². The Morgan fingerprint density at radius 2 is 2.17 bits per heavy atom. The number of likely N-dealkylation sites (tertiary alicyclic amines) is 1. The first-order chi connectivity index (χ1) is 11.2. The smallest absolute Gasteiger partial charge is 0.119 e. The van der Waals surface area contributed by atoms with E-state index in [0.717, 1.165) is 36.0 Å². The lowest BCUT2D eigenvalue weighted by atomic mass is 10.1. The standard InChI is InChI=1S/C18H24ClN3O/c1-21-18(16(19)12-20-21)17-9-4-3-5-10-22(17)13-14-7-6-8-15(11-14)23-2/h6-8,11-12,17H,3-5,9-10,13H2,1-2H3/t17-/m0/s1. The minimum Gasteiger partial charge on any atom is -0.497 e. The van der Waals surface area contributed by atoms with Gasteiger partial charge in [-0.1, -0.05) is 36.6 Å². The van der Waals surface area contributed by atoms with Crippen molar-refractivity contribution in [2.24, 2.45) is 7.05 Å². The van der Waals surface area contributed by atoms with Gasteiger partial charge in [-0.3, -0.25) is 9.58 Å². The highest BCUT2D eigenvalue weighted by Gasteiger charge is 2.27. The van der Waals surface area contributed by atoms with Crippen LogP contribution in [0.1, 0.15) is 43.0 Å². The molecule has 23 heavy (non-hydrogen) atoms. The Kier molecular flexibility index (Phi) is 5.23. The van der Waals surface area contributed by atoms with Crippen molar-refractivity contribution < 1.29 is 4.74 Å². The second-order valence-corrected chi connectivity index (χ2v) is 6.60. The molecule has 0 bridgehead atoms. The lowest BCUT2D eigenvalue weighted by Gasteiger charge is -2.30. The topological polar surface area (TPSA) is 30.3 Å². The van der Waals surface area contributed by atoms with E-state index >= 15 is 0 Å². The Labute approximate surface area is 143 Å². The third-order valence-corrected chi connectivity index (χ3v) is 4.93. The SMILES string of the molecule is COc1cccc(CN2CCCCC[C@H]2c2c(Cl)cnn2C)c1.